The molecule has 1 N–H and O–H groups in total. The summed E-state index contributed by atoms with van der Waals surface area (Å²) in [6, 6.07) is 2.66. The second-order valence-electron chi connectivity index (χ2n) is 4.39. The number of nitrogens with zero attached hydrogens (tertiary/aromatic N) is 1. The van der Waals surface area contributed by atoms with Crippen LogP contribution in [0.2, 0.25) is 0 Å². The Morgan fingerprint density at radius 3 is 2.72 bits per heavy atom. The Bertz CT molecular complexity index is 369. The Hall–Kier alpha value is -1.45. The van der Waals surface area contributed by atoms with Gasteiger partial charge in [0.05, 0.1) is 0 Å². The smallest absolute Gasteiger partial charge is 0.251 e. The highest BCUT2D eigenvalue weighted by atomic mass is 19.1. The van der Waals surface area contributed by atoms with E-state index in [1.807, 2.05) is 0 Å². The Kier molecular flexibility index (Phi) is 6.99. The Labute approximate surface area is 108 Å². The largest absolute Gasteiger partial charge is 0.352 e. The van der Waals surface area contributed by atoms with Gasteiger partial charge in [-0.3, -0.25) is 4.79 Å². The molecule has 100 valence electrons. The van der Waals surface area contributed by atoms with Gasteiger partial charge in [0, 0.05) is 24.4 Å². The summed E-state index contributed by atoms with van der Waals surface area (Å²) in [6.07, 6.45) is 8.41. The van der Waals surface area contributed by atoms with Gasteiger partial charge in [0.25, 0.3) is 5.91 Å². The quantitative estimate of drug-likeness (QED) is 0.569. The van der Waals surface area contributed by atoms with Crippen LogP contribution in [-0.4, -0.2) is 17.4 Å². The number of carbonyl (C=O) groups excluding carboxylic acids is 1. The van der Waals surface area contributed by atoms with Gasteiger partial charge in [0.1, 0.15) is 0 Å². The maximum Gasteiger partial charge on any atom is 0.251 e. The zero-order valence-electron chi connectivity index (χ0n) is 10.9. The lowest BCUT2D eigenvalue weighted by Gasteiger charge is -2.05. The predicted octanol–water partition coefficient (Wildman–Crippen LogP) is 3.31. The standard InChI is InChI=1S/C14H21FN2O/c1-2-3-4-5-6-7-9-17-14(18)12-8-10-16-13(15)11-12/h8,10-11H,2-7,9H2,1H3,(H,17,18). The molecule has 0 aliphatic heterocycles. The molecule has 0 radical (unpaired) electrons. The average Bonchev–Trinajstić information content (AvgIpc) is 2.37. The van der Waals surface area contributed by atoms with E-state index in [9.17, 15) is 9.18 Å². The Morgan fingerprint density at radius 2 is 2.00 bits per heavy atom. The number of hydrogen-bond acceptors (Lipinski definition) is 2. The molecule has 0 spiro atoms. The van der Waals surface area contributed by atoms with E-state index in [1.165, 1.54) is 37.9 Å². The van der Waals surface area contributed by atoms with Gasteiger partial charge in [0.2, 0.25) is 5.95 Å². The van der Waals surface area contributed by atoms with Crippen LogP contribution in [0.3, 0.4) is 0 Å². The van der Waals surface area contributed by atoms with Crippen molar-refractivity contribution in [2.45, 2.75) is 45.4 Å². The number of amides is 1. The van der Waals surface area contributed by atoms with E-state index in [-0.39, 0.29) is 5.91 Å². The average molecular weight is 252 g/mol. The highest BCUT2D eigenvalue weighted by Crippen LogP contribution is 2.04. The molecule has 0 saturated carbocycles. The van der Waals surface area contributed by atoms with Crippen LogP contribution in [-0.2, 0) is 0 Å². The highest BCUT2D eigenvalue weighted by Gasteiger charge is 2.05. The van der Waals surface area contributed by atoms with Crippen LogP contribution in [0.15, 0.2) is 18.3 Å². The van der Waals surface area contributed by atoms with Crippen LogP contribution in [0.25, 0.3) is 0 Å². The lowest BCUT2D eigenvalue weighted by Crippen LogP contribution is -2.24. The van der Waals surface area contributed by atoms with Crippen molar-refractivity contribution in [3.05, 3.63) is 29.8 Å². The molecule has 1 aromatic rings. The normalized spacial score (nSPS) is 10.3. The number of nitrogens with one attached hydrogen (secondary N) is 1. The summed E-state index contributed by atoms with van der Waals surface area (Å²) in [5.41, 5.74) is 0.327. The van der Waals surface area contributed by atoms with Gasteiger partial charge in [-0.05, 0) is 12.5 Å². The van der Waals surface area contributed by atoms with Gasteiger partial charge in [-0.25, -0.2) is 4.98 Å². The van der Waals surface area contributed by atoms with Crippen molar-refractivity contribution in [3.8, 4) is 0 Å². The molecule has 0 aromatic carbocycles. The minimum absolute atomic E-state index is 0.232. The Balaban J connectivity index is 2.14. The number of rotatable bonds is 8. The van der Waals surface area contributed by atoms with Crippen molar-refractivity contribution in [2.75, 3.05) is 6.54 Å². The van der Waals surface area contributed by atoms with Crippen LogP contribution >= 0.6 is 0 Å². The van der Waals surface area contributed by atoms with E-state index in [0.29, 0.717) is 12.1 Å². The van der Waals surface area contributed by atoms with Gasteiger partial charge < -0.3 is 5.32 Å². The summed E-state index contributed by atoms with van der Waals surface area (Å²) in [5, 5.41) is 2.78. The minimum atomic E-state index is -0.623. The van der Waals surface area contributed by atoms with E-state index in [4.69, 9.17) is 0 Å². The lowest BCUT2D eigenvalue weighted by atomic mass is 10.1. The SMILES string of the molecule is CCCCCCCCNC(=O)c1ccnc(F)c1. The highest BCUT2D eigenvalue weighted by molar-refractivity contribution is 5.93. The van der Waals surface area contributed by atoms with Crippen molar-refractivity contribution >= 4 is 5.91 Å². The zero-order chi connectivity index (χ0) is 13.2. The molecular formula is C14H21FN2O. The number of pyridine rings is 1. The molecule has 0 unspecified atom stereocenters. The first-order valence-electron chi connectivity index (χ1n) is 6.63. The summed E-state index contributed by atoms with van der Waals surface area (Å²) < 4.78 is 12.8. The third kappa shape index (κ3) is 5.75. The van der Waals surface area contributed by atoms with E-state index < -0.39 is 5.95 Å². The third-order valence-electron chi connectivity index (χ3n) is 2.80. The van der Waals surface area contributed by atoms with Crippen LogP contribution in [0.5, 0.6) is 0 Å². The molecule has 0 aliphatic carbocycles. The fourth-order valence-electron chi connectivity index (χ4n) is 1.75. The fraction of sp³-hybridized carbons (Fsp3) is 0.571. The number of carbonyl (C=O) groups is 1. The van der Waals surface area contributed by atoms with E-state index in [2.05, 4.69) is 17.2 Å². The van der Waals surface area contributed by atoms with Gasteiger partial charge >= 0.3 is 0 Å². The van der Waals surface area contributed by atoms with Crippen molar-refractivity contribution in [3.63, 3.8) is 0 Å². The molecular weight excluding hydrogens is 231 g/mol. The second-order valence-corrected chi connectivity index (χ2v) is 4.39. The fourth-order valence-corrected chi connectivity index (χ4v) is 1.75. The van der Waals surface area contributed by atoms with Gasteiger partial charge in [-0.15, -0.1) is 0 Å². The van der Waals surface area contributed by atoms with Crippen molar-refractivity contribution in [2.24, 2.45) is 0 Å². The van der Waals surface area contributed by atoms with Crippen LogP contribution in [0.1, 0.15) is 55.8 Å². The van der Waals surface area contributed by atoms with Crippen molar-refractivity contribution < 1.29 is 9.18 Å². The summed E-state index contributed by atoms with van der Waals surface area (Å²) in [6.45, 7) is 2.84. The minimum Gasteiger partial charge on any atom is -0.352 e. The predicted molar refractivity (Wildman–Crippen MR) is 69.9 cm³/mol. The molecule has 0 atom stereocenters. The van der Waals surface area contributed by atoms with Crippen molar-refractivity contribution in [1.29, 1.82) is 0 Å². The van der Waals surface area contributed by atoms with Crippen LogP contribution < -0.4 is 5.32 Å². The van der Waals surface area contributed by atoms with Crippen molar-refractivity contribution in [1.82, 2.24) is 10.3 Å². The number of aromatic nitrogens is 1. The maximum absolute atomic E-state index is 12.8. The van der Waals surface area contributed by atoms with E-state index in [1.54, 1.807) is 0 Å². The molecule has 4 heteroatoms. The van der Waals surface area contributed by atoms with E-state index in [0.717, 1.165) is 18.9 Å². The summed E-state index contributed by atoms with van der Waals surface area (Å²) in [5.74, 6) is -0.855. The molecule has 0 fully saturated rings. The second kappa shape index (κ2) is 8.61. The van der Waals surface area contributed by atoms with Crippen LogP contribution in [0, 0.1) is 5.95 Å². The molecule has 1 rings (SSSR count). The molecule has 3 nitrogen and oxygen atoms in total. The van der Waals surface area contributed by atoms with Crippen LogP contribution in [0.4, 0.5) is 4.39 Å². The molecule has 18 heavy (non-hydrogen) atoms. The maximum atomic E-state index is 12.8. The zero-order valence-corrected chi connectivity index (χ0v) is 10.9. The van der Waals surface area contributed by atoms with Gasteiger partial charge in [-0.1, -0.05) is 39.0 Å². The third-order valence-corrected chi connectivity index (χ3v) is 2.80. The lowest BCUT2D eigenvalue weighted by molar-refractivity contribution is 0.0952. The molecule has 0 saturated heterocycles. The number of halogens is 1. The number of unbranched alkanes of at least 4 members (excludes halogenated alkanes) is 5. The monoisotopic (exact) mass is 252 g/mol. The first-order valence-corrected chi connectivity index (χ1v) is 6.63. The summed E-state index contributed by atoms with van der Waals surface area (Å²) in [7, 11) is 0. The summed E-state index contributed by atoms with van der Waals surface area (Å²) in [4.78, 5) is 15.0. The molecule has 0 aliphatic rings. The Morgan fingerprint density at radius 1 is 1.28 bits per heavy atom. The van der Waals surface area contributed by atoms with Gasteiger partial charge in [0.15, 0.2) is 0 Å². The molecule has 1 amide bonds. The molecule has 1 aromatic heterocycles. The first kappa shape index (κ1) is 14.6. The van der Waals surface area contributed by atoms with E-state index >= 15 is 0 Å². The topological polar surface area (TPSA) is 42.0 Å². The van der Waals surface area contributed by atoms with Gasteiger partial charge in [-0.2, -0.15) is 4.39 Å². The number of hydrogen-bond donors (Lipinski definition) is 1. The summed E-state index contributed by atoms with van der Waals surface area (Å²) >= 11 is 0. The first-order chi connectivity index (χ1) is 8.74. The molecule has 1 heterocycles. The molecule has 0 bridgehead atoms.